The van der Waals surface area contributed by atoms with Crippen LogP contribution in [0.5, 0.6) is 5.75 Å². The molecule has 1 aromatic carbocycles. The standard InChI is InChI=1S/C18H22BrN3O2/c1-11(2)17-20-14-10-22(8-7-15(14)21(17)3)18(23)13-6-5-12(19)9-16(13)24-4/h5-6,9,11H,7-8,10H2,1-4H3. The smallest absolute Gasteiger partial charge is 0.257 e. The molecule has 1 aromatic heterocycles. The summed E-state index contributed by atoms with van der Waals surface area (Å²) in [6.07, 6.45) is 0.830. The molecule has 3 rings (SSSR count). The van der Waals surface area contributed by atoms with Gasteiger partial charge in [0.15, 0.2) is 0 Å². The Labute approximate surface area is 150 Å². The van der Waals surface area contributed by atoms with Crippen molar-refractivity contribution >= 4 is 21.8 Å². The summed E-state index contributed by atoms with van der Waals surface area (Å²) in [5.41, 5.74) is 2.84. The Morgan fingerprint density at radius 2 is 2.12 bits per heavy atom. The first-order valence-corrected chi connectivity index (χ1v) is 8.88. The number of halogens is 1. The number of methoxy groups -OCH3 is 1. The van der Waals surface area contributed by atoms with E-state index < -0.39 is 0 Å². The Kier molecular flexibility index (Phi) is 4.67. The van der Waals surface area contributed by atoms with E-state index in [-0.39, 0.29) is 5.91 Å². The molecule has 0 N–H and O–H groups in total. The van der Waals surface area contributed by atoms with Crippen LogP contribution in [0.25, 0.3) is 0 Å². The number of aromatic nitrogens is 2. The fourth-order valence-corrected chi connectivity index (χ4v) is 3.59. The first kappa shape index (κ1) is 17.0. The van der Waals surface area contributed by atoms with Gasteiger partial charge in [-0.2, -0.15) is 0 Å². The van der Waals surface area contributed by atoms with E-state index in [1.807, 2.05) is 17.0 Å². The van der Waals surface area contributed by atoms with E-state index in [0.717, 1.165) is 22.4 Å². The normalized spacial score (nSPS) is 14.0. The molecule has 0 spiro atoms. The Morgan fingerprint density at radius 1 is 1.38 bits per heavy atom. The Bertz CT molecular complexity index is 783. The number of rotatable bonds is 3. The predicted molar refractivity (Wildman–Crippen MR) is 96.4 cm³/mol. The van der Waals surface area contributed by atoms with E-state index in [2.05, 4.69) is 41.4 Å². The van der Waals surface area contributed by atoms with Crippen molar-refractivity contribution in [3.05, 3.63) is 45.4 Å². The van der Waals surface area contributed by atoms with Crippen LogP contribution in [-0.4, -0.2) is 34.0 Å². The van der Waals surface area contributed by atoms with E-state index >= 15 is 0 Å². The first-order chi connectivity index (χ1) is 11.4. The van der Waals surface area contributed by atoms with Crippen molar-refractivity contribution in [3.63, 3.8) is 0 Å². The molecule has 0 saturated heterocycles. The molecule has 1 aliphatic rings. The van der Waals surface area contributed by atoms with Crippen molar-refractivity contribution in [1.29, 1.82) is 0 Å². The highest BCUT2D eigenvalue weighted by Gasteiger charge is 2.28. The molecule has 1 amide bonds. The van der Waals surface area contributed by atoms with E-state index in [1.54, 1.807) is 13.2 Å². The second kappa shape index (κ2) is 6.59. The highest BCUT2D eigenvalue weighted by Crippen LogP contribution is 2.28. The summed E-state index contributed by atoms with van der Waals surface area (Å²) in [7, 11) is 3.65. The molecule has 0 fully saturated rings. The average molecular weight is 392 g/mol. The van der Waals surface area contributed by atoms with Gasteiger partial charge in [0.1, 0.15) is 11.6 Å². The van der Waals surface area contributed by atoms with Crippen molar-refractivity contribution in [2.75, 3.05) is 13.7 Å². The van der Waals surface area contributed by atoms with Crippen molar-refractivity contribution in [1.82, 2.24) is 14.5 Å². The van der Waals surface area contributed by atoms with Gasteiger partial charge in [-0.1, -0.05) is 29.8 Å². The van der Waals surface area contributed by atoms with E-state index in [9.17, 15) is 4.79 Å². The van der Waals surface area contributed by atoms with Gasteiger partial charge in [0.25, 0.3) is 5.91 Å². The molecular formula is C18H22BrN3O2. The zero-order chi connectivity index (χ0) is 17.4. The number of amides is 1. The number of benzene rings is 1. The zero-order valence-electron chi connectivity index (χ0n) is 14.5. The monoisotopic (exact) mass is 391 g/mol. The molecule has 2 aromatic rings. The van der Waals surface area contributed by atoms with E-state index in [1.165, 1.54) is 5.69 Å². The number of imidazole rings is 1. The summed E-state index contributed by atoms with van der Waals surface area (Å²) >= 11 is 3.41. The molecule has 2 heterocycles. The molecule has 0 saturated carbocycles. The lowest BCUT2D eigenvalue weighted by molar-refractivity contribution is 0.0727. The van der Waals surface area contributed by atoms with Crippen LogP contribution in [0, 0.1) is 0 Å². The lowest BCUT2D eigenvalue weighted by atomic mass is 10.1. The zero-order valence-corrected chi connectivity index (χ0v) is 16.1. The Hall–Kier alpha value is -1.82. The molecular weight excluding hydrogens is 370 g/mol. The number of hydrogen-bond donors (Lipinski definition) is 0. The largest absolute Gasteiger partial charge is 0.496 e. The number of carbonyl (C=O) groups excluding carboxylic acids is 1. The lowest BCUT2D eigenvalue weighted by Gasteiger charge is -2.27. The number of ether oxygens (including phenoxy) is 1. The van der Waals surface area contributed by atoms with Gasteiger partial charge in [0.2, 0.25) is 0 Å². The van der Waals surface area contributed by atoms with Crippen LogP contribution >= 0.6 is 15.9 Å². The third-order valence-electron chi connectivity index (χ3n) is 4.49. The van der Waals surface area contributed by atoms with Gasteiger partial charge in [-0.05, 0) is 18.2 Å². The SMILES string of the molecule is COc1cc(Br)ccc1C(=O)N1CCc2c(nc(C(C)C)n2C)C1. The maximum Gasteiger partial charge on any atom is 0.257 e. The van der Waals surface area contributed by atoms with Crippen LogP contribution in [0.1, 0.15) is 47.3 Å². The summed E-state index contributed by atoms with van der Waals surface area (Å²) in [5.74, 6) is 2.03. The summed E-state index contributed by atoms with van der Waals surface area (Å²) in [6.45, 7) is 5.53. The van der Waals surface area contributed by atoms with Crippen LogP contribution in [0.2, 0.25) is 0 Å². The summed E-state index contributed by atoms with van der Waals surface area (Å²) in [4.78, 5) is 19.5. The minimum absolute atomic E-state index is 0.0123. The van der Waals surface area contributed by atoms with Crippen molar-refractivity contribution in [3.8, 4) is 5.75 Å². The first-order valence-electron chi connectivity index (χ1n) is 8.09. The number of nitrogens with zero attached hydrogens (tertiary/aromatic N) is 3. The summed E-state index contributed by atoms with van der Waals surface area (Å²) < 4.78 is 8.44. The van der Waals surface area contributed by atoms with E-state index in [4.69, 9.17) is 9.72 Å². The van der Waals surface area contributed by atoms with Crippen molar-refractivity contribution < 1.29 is 9.53 Å². The molecule has 6 heteroatoms. The van der Waals surface area contributed by atoms with Gasteiger partial charge >= 0.3 is 0 Å². The molecule has 5 nitrogen and oxygen atoms in total. The quantitative estimate of drug-likeness (QED) is 0.803. The van der Waals surface area contributed by atoms with Gasteiger partial charge in [-0.15, -0.1) is 0 Å². The van der Waals surface area contributed by atoms with Crippen LogP contribution in [0.15, 0.2) is 22.7 Å². The van der Waals surface area contributed by atoms with Crippen LogP contribution in [-0.2, 0) is 20.0 Å². The topological polar surface area (TPSA) is 47.4 Å². The maximum atomic E-state index is 12.9. The second-order valence-corrected chi connectivity index (χ2v) is 7.31. The van der Waals surface area contributed by atoms with Gasteiger partial charge in [0, 0.05) is 36.1 Å². The fraction of sp³-hybridized carbons (Fsp3) is 0.444. The molecule has 0 unspecified atom stereocenters. The molecule has 0 atom stereocenters. The van der Waals surface area contributed by atoms with Crippen molar-refractivity contribution in [2.45, 2.75) is 32.7 Å². The van der Waals surface area contributed by atoms with Crippen LogP contribution < -0.4 is 4.74 Å². The van der Waals surface area contributed by atoms with Gasteiger partial charge in [0.05, 0.1) is 24.9 Å². The number of fused-ring (bicyclic) bond motifs is 1. The highest BCUT2D eigenvalue weighted by molar-refractivity contribution is 9.10. The third kappa shape index (κ3) is 2.95. The summed E-state index contributed by atoms with van der Waals surface area (Å²) in [6, 6.07) is 5.49. The minimum atomic E-state index is -0.0123. The fourth-order valence-electron chi connectivity index (χ4n) is 3.25. The predicted octanol–water partition coefficient (Wildman–Crippen LogP) is 3.51. The molecule has 1 aliphatic heterocycles. The number of carbonyl (C=O) groups is 1. The molecule has 24 heavy (non-hydrogen) atoms. The maximum absolute atomic E-state index is 12.9. The van der Waals surface area contributed by atoms with E-state index in [0.29, 0.717) is 30.3 Å². The van der Waals surface area contributed by atoms with Gasteiger partial charge in [-0.3, -0.25) is 4.79 Å². The van der Waals surface area contributed by atoms with Gasteiger partial charge in [-0.25, -0.2) is 4.98 Å². The van der Waals surface area contributed by atoms with Crippen LogP contribution in [0.4, 0.5) is 0 Å². The summed E-state index contributed by atoms with van der Waals surface area (Å²) in [5, 5.41) is 0. The molecule has 0 radical (unpaired) electrons. The Balaban J connectivity index is 1.88. The minimum Gasteiger partial charge on any atom is -0.496 e. The van der Waals surface area contributed by atoms with Crippen LogP contribution in [0.3, 0.4) is 0 Å². The molecule has 128 valence electrons. The highest BCUT2D eigenvalue weighted by atomic mass is 79.9. The second-order valence-electron chi connectivity index (χ2n) is 6.40. The average Bonchev–Trinajstić information content (AvgIpc) is 2.90. The third-order valence-corrected chi connectivity index (χ3v) is 4.98. The Morgan fingerprint density at radius 3 is 2.79 bits per heavy atom. The molecule has 0 aliphatic carbocycles. The lowest BCUT2D eigenvalue weighted by Crippen LogP contribution is -2.36. The number of hydrogen-bond acceptors (Lipinski definition) is 3. The van der Waals surface area contributed by atoms with Gasteiger partial charge < -0.3 is 14.2 Å². The van der Waals surface area contributed by atoms with Crippen molar-refractivity contribution in [2.24, 2.45) is 7.05 Å². The molecule has 0 bridgehead atoms.